The van der Waals surface area contributed by atoms with Gasteiger partial charge >= 0.3 is 0 Å². The quantitative estimate of drug-likeness (QED) is 0.674. The van der Waals surface area contributed by atoms with Crippen molar-refractivity contribution >= 4 is 38.9 Å². The number of thiophene rings is 1. The van der Waals surface area contributed by atoms with Crippen molar-refractivity contribution in [1.82, 2.24) is 0 Å². The summed E-state index contributed by atoms with van der Waals surface area (Å²) in [5, 5.41) is 0. The van der Waals surface area contributed by atoms with E-state index in [-0.39, 0.29) is 5.41 Å². The third-order valence-electron chi connectivity index (χ3n) is 2.14. The highest BCUT2D eigenvalue weighted by molar-refractivity contribution is 9.10. The van der Waals surface area contributed by atoms with E-state index in [0.717, 1.165) is 21.7 Å². The summed E-state index contributed by atoms with van der Waals surface area (Å²) in [7, 11) is 0. The Morgan fingerprint density at radius 2 is 2.33 bits per heavy atom. The normalized spacial score (nSPS) is 18.8. The molecule has 1 aliphatic carbocycles. The molecule has 0 nitrogen and oxygen atoms in total. The second-order valence-electron chi connectivity index (χ2n) is 2.96. The maximum Gasteiger partial charge on any atom is 0.107 e. The van der Waals surface area contributed by atoms with E-state index in [2.05, 4.69) is 21.9 Å². The van der Waals surface area contributed by atoms with Crippen LogP contribution in [0.2, 0.25) is 4.34 Å². The van der Waals surface area contributed by atoms with Crippen LogP contribution in [0, 0.1) is 12.3 Å². The van der Waals surface area contributed by atoms with E-state index in [1.807, 2.05) is 6.07 Å². The minimum absolute atomic E-state index is 0.0281. The van der Waals surface area contributed by atoms with Crippen LogP contribution in [0.5, 0.6) is 0 Å². The van der Waals surface area contributed by atoms with Gasteiger partial charge in [0.05, 0.1) is 5.41 Å². The monoisotopic (exact) mass is 260 g/mol. The topological polar surface area (TPSA) is 0 Å². The van der Waals surface area contributed by atoms with Crippen molar-refractivity contribution in [2.24, 2.45) is 0 Å². The second-order valence-corrected chi connectivity index (χ2v) is 5.47. The molecule has 0 aliphatic heterocycles. The Morgan fingerprint density at radius 3 is 2.67 bits per heavy atom. The number of hydrogen-bond acceptors (Lipinski definition) is 1. The van der Waals surface area contributed by atoms with Gasteiger partial charge in [0.2, 0.25) is 0 Å². The molecule has 3 heteroatoms. The lowest BCUT2D eigenvalue weighted by molar-refractivity contribution is 0.961. The number of rotatable bonds is 1. The summed E-state index contributed by atoms with van der Waals surface area (Å²) in [5.41, 5.74) is 0.0281. The van der Waals surface area contributed by atoms with Crippen LogP contribution in [0.15, 0.2) is 10.5 Å². The first-order chi connectivity index (χ1) is 5.68. The van der Waals surface area contributed by atoms with Gasteiger partial charge in [-0.1, -0.05) is 17.5 Å². The Labute approximate surface area is 89.1 Å². The molecule has 62 valence electrons. The molecule has 1 aliphatic rings. The lowest BCUT2D eigenvalue weighted by Gasteiger charge is -2.00. The molecule has 12 heavy (non-hydrogen) atoms. The summed E-state index contributed by atoms with van der Waals surface area (Å²) in [4.78, 5) is 1.22. The first-order valence-corrected chi connectivity index (χ1v) is 5.60. The van der Waals surface area contributed by atoms with Gasteiger partial charge in [-0.15, -0.1) is 17.8 Å². The van der Waals surface area contributed by atoms with E-state index in [0.29, 0.717) is 0 Å². The van der Waals surface area contributed by atoms with Crippen LogP contribution in [0.3, 0.4) is 0 Å². The molecule has 0 atom stereocenters. The molecule has 1 fully saturated rings. The fraction of sp³-hybridized carbons (Fsp3) is 0.333. The van der Waals surface area contributed by atoms with Crippen molar-refractivity contribution in [2.45, 2.75) is 18.3 Å². The summed E-state index contributed by atoms with van der Waals surface area (Å²) in [5.74, 6) is 2.84. The Morgan fingerprint density at radius 1 is 1.67 bits per heavy atom. The highest BCUT2D eigenvalue weighted by Crippen LogP contribution is 2.52. The second kappa shape index (κ2) is 2.77. The zero-order valence-electron chi connectivity index (χ0n) is 6.23. The molecule has 0 bridgehead atoms. The van der Waals surface area contributed by atoms with Gasteiger partial charge in [-0.05, 0) is 34.8 Å². The van der Waals surface area contributed by atoms with E-state index in [9.17, 15) is 0 Å². The summed E-state index contributed by atoms with van der Waals surface area (Å²) < 4.78 is 1.76. The van der Waals surface area contributed by atoms with Crippen LogP contribution in [-0.2, 0) is 5.41 Å². The van der Waals surface area contributed by atoms with E-state index < -0.39 is 0 Å². The molecule has 0 unspecified atom stereocenters. The third kappa shape index (κ3) is 1.21. The number of hydrogen-bond donors (Lipinski definition) is 0. The molecular formula is C9H6BrClS. The van der Waals surface area contributed by atoms with E-state index in [4.69, 9.17) is 18.0 Å². The van der Waals surface area contributed by atoms with E-state index in [1.54, 1.807) is 11.3 Å². The van der Waals surface area contributed by atoms with Crippen LogP contribution < -0.4 is 0 Å². The Balaban J connectivity index is 2.43. The predicted molar refractivity (Wildman–Crippen MR) is 56.8 cm³/mol. The lowest BCUT2D eigenvalue weighted by atomic mass is 10.1. The summed E-state index contributed by atoms with van der Waals surface area (Å²) in [6.45, 7) is 0. The smallest absolute Gasteiger partial charge is 0.107 e. The fourth-order valence-electron chi connectivity index (χ4n) is 1.17. The van der Waals surface area contributed by atoms with E-state index >= 15 is 0 Å². The maximum absolute atomic E-state index is 5.92. The first kappa shape index (κ1) is 8.62. The highest BCUT2D eigenvalue weighted by atomic mass is 79.9. The van der Waals surface area contributed by atoms with Gasteiger partial charge < -0.3 is 0 Å². The van der Waals surface area contributed by atoms with Crippen molar-refractivity contribution in [3.8, 4) is 12.3 Å². The number of halogens is 2. The van der Waals surface area contributed by atoms with Crippen LogP contribution in [-0.4, -0.2) is 0 Å². The lowest BCUT2D eigenvalue weighted by Crippen LogP contribution is -1.97. The van der Waals surface area contributed by atoms with Crippen molar-refractivity contribution in [2.75, 3.05) is 0 Å². The van der Waals surface area contributed by atoms with Gasteiger partial charge in [0.25, 0.3) is 0 Å². The van der Waals surface area contributed by atoms with Crippen LogP contribution >= 0.6 is 38.9 Å². The summed E-state index contributed by atoms with van der Waals surface area (Å²) in [6, 6.07) is 2.04. The van der Waals surface area contributed by atoms with E-state index in [1.165, 1.54) is 4.88 Å². The van der Waals surface area contributed by atoms with Gasteiger partial charge in [0, 0.05) is 9.35 Å². The molecule has 0 saturated heterocycles. The van der Waals surface area contributed by atoms with Gasteiger partial charge in [0.15, 0.2) is 0 Å². The highest BCUT2D eigenvalue weighted by Gasteiger charge is 2.44. The molecule has 0 spiro atoms. The Hall–Kier alpha value is 0.0300. The summed E-state index contributed by atoms with van der Waals surface area (Å²) in [6.07, 6.45) is 7.67. The molecule has 0 aromatic carbocycles. The molecular weight excluding hydrogens is 256 g/mol. The molecule has 0 amide bonds. The average molecular weight is 262 g/mol. The van der Waals surface area contributed by atoms with Crippen molar-refractivity contribution < 1.29 is 0 Å². The fourth-order valence-corrected chi connectivity index (χ4v) is 3.08. The SMILES string of the molecule is C#CC1(c2cc(Br)c(Cl)s2)CC1. The Bertz CT molecular complexity index is 338. The summed E-state index contributed by atoms with van der Waals surface area (Å²) >= 11 is 10.9. The van der Waals surface area contributed by atoms with Crippen molar-refractivity contribution in [1.29, 1.82) is 0 Å². The van der Waals surface area contributed by atoms with Gasteiger partial charge in [-0.2, -0.15) is 0 Å². The Kier molecular flexibility index (Phi) is 1.99. The van der Waals surface area contributed by atoms with Gasteiger partial charge in [-0.25, -0.2) is 0 Å². The minimum atomic E-state index is 0.0281. The van der Waals surface area contributed by atoms with Gasteiger partial charge in [0.1, 0.15) is 4.34 Å². The third-order valence-corrected chi connectivity index (χ3v) is 4.82. The minimum Gasteiger partial charge on any atom is -0.126 e. The molecule has 1 aromatic heterocycles. The standard InChI is InChI=1S/C9H6BrClS/c1-2-9(3-4-9)7-5-6(10)8(11)12-7/h1,5H,3-4H2. The number of terminal acetylenes is 1. The van der Waals surface area contributed by atoms with Crippen LogP contribution in [0.25, 0.3) is 0 Å². The van der Waals surface area contributed by atoms with Crippen LogP contribution in [0.1, 0.15) is 17.7 Å². The van der Waals surface area contributed by atoms with Crippen molar-refractivity contribution in [3.63, 3.8) is 0 Å². The average Bonchev–Trinajstić information content (AvgIpc) is 2.77. The first-order valence-electron chi connectivity index (χ1n) is 3.61. The molecule has 0 radical (unpaired) electrons. The largest absolute Gasteiger partial charge is 0.126 e. The molecule has 1 aromatic rings. The zero-order valence-corrected chi connectivity index (χ0v) is 9.39. The predicted octanol–water partition coefficient (Wildman–Crippen LogP) is 3.83. The molecule has 2 rings (SSSR count). The molecule has 0 N–H and O–H groups in total. The molecule has 1 saturated carbocycles. The van der Waals surface area contributed by atoms with Gasteiger partial charge in [-0.3, -0.25) is 0 Å². The van der Waals surface area contributed by atoms with Crippen LogP contribution in [0.4, 0.5) is 0 Å². The zero-order chi connectivity index (χ0) is 8.77. The maximum atomic E-state index is 5.92. The molecule has 1 heterocycles. The van der Waals surface area contributed by atoms with Crippen molar-refractivity contribution in [3.05, 3.63) is 19.8 Å².